The minimum Gasteiger partial charge on any atom is -0.494 e. The van der Waals surface area contributed by atoms with Crippen LogP contribution in [0.4, 0.5) is 0 Å². The van der Waals surface area contributed by atoms with Crippen molar-refractivity contribution in [3.8, 4) is 17.6 Å². The van der Waals surface area contributed by atoms with Gasteiger partial charge in [0, 0.05) is 5.71 Å². The van der Waals surface area contributed by atoms with E-state index in [0.717, 1.165) is 0 Å². The van der Waals surface area contributed by atoms with E-state index in [1.165, 1.54) is 6.92 Å². The van der Waals surface area contributed by atoms with Crippen molar-refractivity contribution in [2.24, 2.45) is 5.92 Å². The number of esters is 1. The number of carbonyl (C=O) groups excluding carboxylic acids is 2. The van der Waals surface area contributed by atoms with Crippen LogP contribution in [0.3, 0.4) is 0 Å². The van der Waals surface area contributed by atoms with E-state index in [4.69, 9.17) is 24.9 Å². The highest BCUT2D eigenvalue weighted by Gasteiger charge is 2.21. The van der Waals surface area contributed by atoms with Crippen molar-refractivity contribution < 1.29 is 23.8 Å². The summed E-state index contributed by atoms with van der Waals surface area (Å²) in [6.07, 6.45) is 0. The predicted octanol–water partition coefficient (Wildman–Crippen LogP) is 1.76. The maximum absolute atomic E-state index is 11.6. The van der Waals surface area contributed by atoms with Gasteiger partial charge in [0.05, 0.1) is 12.7 Å². The van der Waals surface area contributed by atoms with Crippen LogP contribution in [-0.2, 0) is 14.3 Å². The van der Waals surface area contributed by atoms with Gasteiger partial charge in [-0.1, -0.05) is 0 Å². The van der Waals surface area contributed by atoms with Gasteiger partial charge in [0.25, 0.3) is 0 Å². The number of benzene rings is 1. The van der Waals surface area contributed by atoms with E-state index >= 15 is 0 Å². The lowest BCUT2D eigenvalue weighted by atomic mass is 10.0. The number of Topliss-reactive ketones (excluding diaryl/α,β-unsaturated/α-hetero) is 1. The van der Waals surface area contributed by atoms with Gasteiger partial charge in [0.15, 0.2) is 19.0 Å². The molecule has 0 fully saturated rings. The molecule has 0 saturated heterocycles. The SMILES string of the molecule is CCOc1ccc(OCC(=O)OCC(=O)[C@@H](C#N)C(C)=N)cc1. The van der Waals surface area contributed by atoms with E-state index in [2.05, 4.69) is 0 Å². The van der Waals surface area contributed by atoms with Crippen LogP contribution in [0.25, 0.3) is 0 Å². The van der Waals surface area contributed by atoms with Gasteiger partial charge in [-0.15, -0.1) is 0 Å². The molecule has 0 aliphatic rings. The van der Waals surface area contributed by atoms with Gasteiger partial charge in [-0.3, -0.25) is 4.79 Å². The van der Waals surface area contributed by atoms with E-state index in [0.29, 0.717) is 18.1 Å². The van der Waals surface area contributed by atoms with Crippen molar-refractivity contribution in [1.29, 1.82) is 10.7 Å². The Labute approximate surface area is 134 Å². The molecular formula is C16H18N2O5. The summed E-state index contributed by atoms with van der Waals surface area (Å²) >= 11 is 0. The number of hydrogen-bond donors (Lipinski definition) is 1. The van der Waals surface area contributed by atoms with Crippen LogP contribution >= 0.6 is 0 Å². The molecule has 7 heteroatoms. The van der Waals surface area contributed by atoms with Gasteiger partial charge in [-0.25, -0.2) is 4.79 Å². The molecule has 0 radical (unpaired) electrons. The molecule has 0 aliphatic heterocycles. The molecule has 0 aliphatic carbocycles. The Bertz CT molecular complexity index is 604. The van der Waals surface area contributed by atoms with Crippen LogP contribution in [0.15, 0.2) is 24.3 Å². The van der Waals surface area contributed by atoms with E-state index in [9.17, 15) is 9.59 Å². The van der Waals surface area contributed by atoms with Crippen molar-refractivity contribution in [3.63, 3.8) is 0 Å². The molecule has 0 heterocycles. The third kappa shape index (κ3) is 6.18. The first-order valence-corrected chi connectivity index (χ1v) is 6.96. The first kappa shape index (κ1) is 18.2. The Morgan fingerprint density at radius 1 is 1.17 bits per heavy atom. The smallest absolute Gasteiger partial charge is 0.344 e. The Kier molecular flexibility index (Phi) is 7.27. The minimum atomic E-state index is -1.19. The summed E-state index contributed by atoms with van der Waals surface area (Å²) < 4.78 is 15.2. The second-order valence-corrected chi connectivity index (χ2v) is 4.57. The van der Waals surface area contributed by atoms with Crippen molar-refractivity contribution in [3.05, 3.63) is 24.3 Å². The lowest BCUT2D eigenvalue weighted by Crippen LogP contribution is -2.27. The summed E-state index contributed by atoms with van der Waals surface area (Å²) in [7, 11) is 0. The highest BCUT2D eigenvalue weighted by Crippen LogP contribution is 2.17. The fraction of sp³-hybridized carbons (Fsp3) is 0.375. The van der Waals surface area contributed by atoms with Crippen molar-refractivity contribution in [1.82, 2.24) is 0 Å². The standard InChI is InChI=1S/C16H18N2O5/c1-3-21-12-4-6-13(7-5-12)22-10-16(20)23-9-15(19)14(8-17)11(2)18/h4-7,14,18H,3,9-10H2,1-2H3/t14-/m0/s1. The molecule has 0 aromatic heterocycles. The first-order valence-electron chi connectivity index (χ1n) is 6.96. The Morgan fingerprint density at radius 2 is 1.74 bits per heavy atom. The zero-order valence-electron chi connectivity index (χ0n) is 13.0. The van der Waals surface area contributed by atoms with E-state index in [1.54, 1.807) is 30.3 Å². The van der Waals surface area contributed by atoms with Gasteiger partial charge in [-0.2, -0.15) is 5.26 Å². The molecular weight excluding hydrogens is 300 g/mol. The second kappa shape index (κ2) is 9.20. The second-order valence-electron chi connectivity index (χ2n) is 4.57. The van der Waals surface area contributed by atoms with Crippen molar-refractivity contribution in [2.45, 2.75) is 13.8 Å². The van der Waals surface area contributed by atoms with Crippen molar-refractivity contribution >= 4 is 17.5 Å². The number of carbonyl (C=O) groups is 2. The van der Waals surface area contributed by atoms with E-state index < -0.39 is 24.3 Å². The maximum atomic E-state index is 11.6. The monoisotopic (exact) mass is 318 g/mol. The van der Waals surface area contributed by atoms with Crippen LogP contribution in [0.1, 0.15) is 13.8 Å². The molecule has 1 N–H and O–H groups in total. The fourth-order valence-corrected chi connectivity index (χ4v) is 1.63. The largest absolute Gasteiger partial charge is 0.494 e. The lowest BCUT2D eigenvalue weighted by Gasteiger charge is -2.09. The summed E-state index contributed by atoms with van der Waals surface area (Å²) in [5.41, 5.74) is -0.0841. The normalized spacial score (nSPS) is 11.0. The van der Waals surface area contributed by atoms with Gasteiger partial charge >= 0.3 is 5.97 Å². The van der Waals surface area contributed by atoms with Crippen LogP contribution in [0.2, 0.25) is 0 Å². The third-order valence-corrected chi connectivity index (χ3v) is 2.75. The molecule has 7 nitrogen and oxygen atoms in total. The number of nitrogens with zero attached hydrogens (tertiary/aromatic N) is 1. The number of nitriles is 1. The molecule has 0 amide bonds. The Balaban J connectivity index is 2.38. The minimum absolute atomic E-state index is 0.0841. The molecule has 23 heavy (non-hydrogen) atoms. The summed E-state index contributed by atoms with van der Waals surface area (Å²) in [6.45, 7) is 2.86. The Hall–Kier alpha value is -2.88. The summed E-state index contributed by atoms with van der Waals surface area (Å²) in [4.78, 5) is 23.1. The van der Waals surface area contributed by atoms with Gasteiger partial charge in [0.1, 0.15) is 17.4 Å². The summed E-state index contributed by atoms with van der Waals surface area (Å²) in [5, 5.41) is 16.0. The number of rotatable bonds is 9. The number of ether oxygens (including phenoxy) is 3. The average molecular weight is 318 g/mol. The van der Waals surface area contributed by atoms with Crippen LogP contribution < -0.4 is 9.47 Å². The molecule has 1 atom stereocenters. The van der Waals surface area contributed by atoms with E-state index in [-0.39, 0.29) is 12.3 Å². The fourth-order valence-electron chi connectivity index (χ4n) is 1.63. The molecule has 0 unspecified atom stereocenters. The highest BCUT2D eigenvalue weighted by atomic mass is 16.6. The summed E-state index contributed by atoms with van der Waals surface area (Å²) in [6, 6.07) is 8.40. The zero-order chi connectivity index (χ0) is 17.2. The zero-order valence-corrected chi connectivity index (χ0v) is 13.0. The number of hydrogen-bond acceptors (Lipinski definition) is 7. The van der Waals surface area contributed by atoms with E-state index in [1.807, 2.05) is 6.92 Å². The molecule has 1 aromatic rings. The predicted molar refractivity (Wildman–Crippen MR) is 81.6 cm³/mol. The molecule has 0 saturated carbocycles. The van der Waals surface area contributed by atoms with Gasteiger partial charge < -0.3 is 19.6 Å². The molecule has 122 valence electrons. The first-order chi connectivity index (χ1) is 11.0. The third-order valence-electron chi connectivity index (χ3n) is 2.75. The lowest BCUT2D eigenvalue weighted by molar-refractivity contribution is -0.150. The average Bonchev–Trinajstić information content (AvgIpc) is 2.53. The Morgan fingerprint density at radius 3 is 2.22 bits per heavy atom. The van der Waals surface area contributed by atoms with Gasteiger partial charge in [0.2, 0.25) is 0 Å². The molecule has 0 spiro atoms. The van der Waals surface area contributed by atoms with Crippen LogP contribution in [0, 0.1) is 22.7 Å². The van der Waals surface area contributed by atoms with Crippen molar-refractivity contribution in [2.75, 3.05) is 19.8 Å². The van der Waals surface area contributed by atoms with Crippen LogP contribution in [-0.4, -0.2) is 37.3 Å². The molecule has 1 aromatic carbocycles. The topological polar surface area (TPSA) is 109 Å². The molecule has 1 rings (SSSR count). The quantitative estimate of drug-likeness (QED) is 0.549. The highest BCUT2D eigenvalue weighted by molar-refractivity contribution is 6.06. The maximum Gasteiger partial charge on any atom is 0.344 e. The van der Waals surface area contributed by atoms with Crippen LogP contribution in [0.5, 0.6) is 11.5 Å². The summed E-state index contributed by atoms with van der Waals surface area (Å²) in [5.74, 6) is -1.39. The number of ketones is 1. The molecule has 0 bridgehead atoms. The number of nitrogens with one attached hydrogen (secondary N) is 1. The van der Waals surface area contributed by atoms with Gasteiger partial charge in [-0.05, 0) is 38.1 Å².